The van der Waals surface area contributed by atoms with Crippen molar-refractivity contribution in [2.24, 2.45) is 17.3 Å². The lowest BCUT2D eigenvalue weighted by molar-refractivity contribution is -0.130. The Balaban J connectivity index is 1.29. The van der Waals surface area contributed by atoms with E-state index in [2.05, 4.69) is 66.5 Å². The molecular formula is C28H35ClN2O. The number of rotatable bonds is 6. The van der Waals surface area contributed by atoms with Gasteiger partial charge in [-0.1, -0.05) is 86.1 Å². The topological polar surface area (TPSA) is 32.3 Å². The van der Waals surface area contributed by atoms with Crippen LogP contribution in [0, 0.1) is 17.3 Å². The van der Waals surface area contributed by atoms with Gasteiger partial charge < -0.3 is 10.2 Å². The van der Waals surface area contributed by atoms with Crippen LogP contribution >= 0.6 is 11.6 Å². The molecule has 170 valence electrons. The molecule has 0 aromatic heterocycles. The number of amides is 1. The van der Waals surface area contributed by atoms with E-state index >= 15 is 0 Å². The zero-order valence-corrected chi connectivity index (χ0v) is 20.0. The highest BCUT2D eigenvalue weighted by Gasteiger charge is 2.44. The summed E-state index contributed by atoms with van der Waals surface area (Å²) >= 11 is 6.25. The Morgan fingerprint density at radius 2 is 1.91 bits per heavy atom. The molecule has 2 fully saturated rings. The molecule has 0 radical (unpaired) electrons. The Labute approximate surface area is 197 Å². The number of carbonyl (C=O) groups excluding carboxylic acids is 1. The van der Waals surface area contributed by atoms with Crippen LogP contribution in [-0.2, 0) is 11.3 Å². The van der Waals surface area contributed by atoms with Gasteiger partial charge in [0.25, 0.3) is 0 Å². The van der Waals surface area contributed by atoms with Gasteiger partial charge in [-0.3, -0.25) is 4.79 Å². The van der Waals surface area contributed by atoms with Gasteiger partial charge in [0, 0.05) is 29.6 Å². The maximum atomic E-state index is 13.0. The Bertz CT molecular complexity index is 943. The van der Waals surface area contributed by atoms with Gasteiger partial charge in [-0.2, -0.15) is 0 Å². The summed E-state index contributed by atoms with van der Waals surface area (Å²) in [4.78, 5) is 15.7. The molecule has 1 saturated heterocycles. The predicted molar refractivity (Wildman–Crippen MR) is 133 cm³/mol. The summed E-state index contributed by atoms with van der Waals surface area (Å²) in [5.74, 6) is 1.41. The lowest BCUT2D eigenvalue weighted by Crippen LogP contribution is -2.45. The second-order valence-corrected chi connectivity index (χ2v) is 10.3. The molecule has 4 rings (SSSR count). The number of nitrogens with zero attached hydrogens (tertiary/aromatic N) is 1. The first-order valence-corrected chi connectivity index (χ1v) is 12.3. The van der Waals surface area contributed by atoms with Crippen LogP contribution in [0.4, 0.5) is 0 Å². The zero-order valence-electron chi connectivity index (χ0n) is 19.3. The molecule has 1 amide bonds. The highest BCUT2D eigenvalue weighted by molar-refractivity contribution is 6.31. The van der Waals surface area contributed by atoms with E-state index in [0.717, 1.165) is 37.9 Å². The summed E-state index contributed by atoms with van der Waals surface area (Å²) in [6.07, 6.45) is 8.86. The van der Waals surface area contributed by atoms with Crippen molar-refractivity contribution in [1.29, 1.82) is 0 Å². The normalized spacial score (nSPS) is 28.8. The molecular weight excluding hydrogens is 416 g/mol. The fourth-order valence-electron chi connectivity index (χ4n) is 5.37. The minimum absolute atomic E-state index is 0.161. The first-order valence-electron chi connectivity index (χ1n) is 11.9. The van der Waals surface area contributed by atoms with Gasteiger partial charge in [-0.15, -0.1) is 0 Å². The van der Waals surface area contributed by atoms with Gasteiger partial charge in [0.15, 0.2) is 0 Å². The SMILES string of the molecule is C[C@H]1CN(C2CCC(C)(C(=O)NCc3ccccc3Cl)C2)CC[C@H]1/C=C\c1ccccc1. The second-order valence-electron chi connectivity index (χ2n) is 9.93. The van der Waals surface area contributed by atoms with E-state index in [4.69, 9.17) is 11.6 Å². The summed E-state index contributed by atoms with van der Waals surface area (Å²) in [6.45, 7) is 7.24. The van der Waals surface area contributed by atoms with E-state index in [1.807, 2.05) is 24.3 Å². The third-order valence-electron chi connectivity index (χ3n) is 7.52. The molecule has 0 bridgehead atoms. The number of halogens is 1. The van der Waals surface area contributed by atoms with E-state index in [1.165, 1.54) is 12.0 Å². The lowest BCUT2D eigenvalue weighted by atomic mass is 9.84. The molecule has 2 aromatic rings. The molecule has 4 atom stereocenters. The van der Waals surface area contributed by atoms with Crippen LogP contribution < -0.4 is 5.32 Å². The van der Waals surface area contributed by atoms with Crippen LogP contribution in [0.2, 0.25) is 5.02 Å². The van der Waals surface area contributed by atoms with Crippen molar-refractivity contribution in [1.82, 2.24) is 10.2 Å². The standard InChI is InChI=1S/C28H35ClN2O/c1-21-20-31(17-15-23(21)13-12-22-8-4-3-5-9-22)25-14-16-28(2,18-25)27(32)30-19-24-10-6-7-11-26(24)29/h3-13,21,23,25H,14-20H2,1-2H3,(H,30,32)/b13-12-/t21-,23+,25?,28?/m0/s1. The number of benzene rings is 2. The fourth-order valence-corrected chi connectivity index (χ4v) is 5.57. The number of hydrogen-bond donors (Lipinski definition) is 1. The molecule has 3 nitrogen and oxygen atoms in total. The lowest BCUT2D eigenvalue weighted by Gasteiger charge is -2.39. The molecule has 1 aliphatic carbocycles. The number of piperidine rings is 1. The van der Waals surface area contributed by atoms with Crippen LogP contribution in [0.15, 0.2) is 60.7 Å². The van der Waals surface area contributed by atoms with Gasteiger partial charge >= 0.3 is 0 Å². The van der Waals surface area contributed by atoms with Crippen molar-refractivity contribution in [2.75, 3.05) is 13.1 Å². The monoisotopic (exact) mass is 450 g/mol. The van der Waals surface area contributed by atoms with Crippen LogP contribution in [0.3, 0.4) is 0 Å². The van der Waals surface area contributed by atoms with Gasteiger partial charge in [0.2, 0.25) is 5.91 Å². The first-order chi connectivity index (χ1) is 15.4. The number of carbonyl (C=O) groups is 1. The number of allylic oxidation sites excluding steroid dienone is 1. The third kappa shape index (κ3) is 5.44. The van der Waals surface area contributed by atoms with Crippen LogP contribution in [0.25, 0.3) is 6.08 Å². The summed E-state index contributed by atoms with van der Waals surface area (Å²) in [7, 11) is 0. The molecule has 32 heavy (non-hydrogen) atoms. The Morgan fingerprint density at radius 1 is 1.16 bits per heavy atom. The molecule has 1 heterocycles. The molecule has 0 spiro atoms. The van der Waals surface area contributed by atoms with Crippen molar-refractivity contribution in [2.45, 2.75) is 52.1 Å². The quantitative estimate of drug-likeness (QED) is 0.569. The zero-order chi connectivity index (χ0) is 22.6. The molecule has 1 saturated carbocycles. The van der Waals surface area contributed by atoms with Crippen molar-refractivity contribution in [3.63, 3.8) is 0 Å². The maximum Gasteiger partial charge on any atom is 0.226 e. The van der Waals surface area contributed by atoms with E-state index in [9.17, 15) is 4.79 Å². The summed E-state index contributed by atoms with van der Waals surface area (Å²) in [5, 5.41) is 3.85. The number of nitrogens with one attached hydrogen (secondary N) is 1. The number of hydrogen-bond acceptors (Lipinski definition) is 2. The van der Waals surface area contributed by atoms with E-state index in [1.54, 1.807) is 0 Å². The summed E-state index contributed by atoms with van der Waals surface area (Å²) in [6, 6.07) is 18.8. The molecule has 4 heteroatoms. The van der Waals surface area contributed by atoms with E-state index in [0.29, 0.717) is 29.4 Å². The third-order valence-corrected chi connectivity index (χ3v) is 7.88. The summed E-state index contributed by atoms with van der Waals surface area (Å²) in [5.41, 5.74) is 1.95. The van der Waals surface area contributed by atoms with Crippen molar-refractivity contribution in [3.05, 3.63) is 76.8 Å². The molecule has 2 aliphatic rings. The number of likely N-dealkylation sites (tertiary alicyclic amines) is 1. The molecule has 1 N–H and O–H groups in total. The van der Waals surface area contributed by atoms with Crippen molar-refractivity contribution < 1.29 is 4.79 Å². The Morgan fingerprint density at radius 3 is 2.66 bits per heavy atom. The Hall–Kier alpha value is -2.10. The van der Waals surface area contributed by atoms with Crippen molar-refractivity contribution in [3.8, 4) is 0 Å². The molecule has 2 aromatic carbocycles. The average molecular weight is 451 g/mol. The fraction of sp³-hybridized carbons (Fsp3) is 0.464. The highest BCUT2D eigenvalue weighted by atomic mass is 35.5. The van der Waals surface area contributed by atoms with Gasteiger partial charge in [-0.05, 0) is 61.3 Å². The Kier molecular flexibility index (Phi) is 7.37. The first kappa shape index (κ1) is 23.1. The molecule has 2 unspecified atom stereocenters. The minimum Gasteiger partial charge on any atom is -0.351 e. The largest absolute Gasteiger partial charge is 0.351 e. The minimum atomic E-state index is -0.292. The summed E-state index contributed by atoms with van der Waals surface area (Å²) < 4.78 is 0. The second kappa shape index (κ2) is 10.2. The maximum absolute atomic E-state index is 13.0. The average Bonchev–Trinajstić information content (AvgIpc) is 3.21. The molecule has 1 aliphatic heterocycles. The van der Waals surface area contributed by atoms with Crippen molar-refractivity contribution >= 4 is 23.6 Å². The van der Waals surface area contributed by atoms with Crippen LogP contribution in [0.1, 0.15) is 50.7 Å². The van der Waals surface area contributed by atoms with E-state index in [-0.39, 0.29) is 11.3 Å². The van der Waals surface area contributed by atoms with Gasteiger partial charge in [-0.25, -0.2) is 0 Å². The smallest absolute Gasteiger partial charge is 0.226 e. The van der Waals surface area contributed by atoms with Crippen LogP contribution in [0.5, 0.6) is 0 Å². The van der Waals surface area contributed by atoms with Gasteiger partial charge in [0.1, 0.15) is 0 Å². The highest BCUT2D eigenvalue weighted by Crippen LogP contribution is 2.42. The predicted octanol–water partition coefficient (Wildman–Crippen LogP) is 6.19. The van der Waals surface area contributed by atoms with Crippen LogP contribution in [-0.4, -0.2) is 29.9 Å². The van der Waals surface area contributed by atoms with E-state index < -0.39 is 0 Å². The van der Waals surface area contributed by atoms with Gasteiger partial charge in [0.05, 0.1) is 0 Å².